The predicted molar refractivity (Wildman–Crippen MR) is 100 cm³/mol. The molecule has 3 rings (SSSR count). The Morgan fingerprint density at radius 1 is 0.846 bits per heavy atom. The van der Waals surface area contributed by atoms with E-state index in [2.05, 4.69) is 0 Å². The molecule has 0 fully saturated rings. The van der Waals surface area contributed by atoms with E-state index < -0.39 is 17.4 Å². The van der Waals surface area contributed by atoms with Crippen LogP contribution in [0.15, 0.2) is 54.6 Å². The highest BCUT2D eigenvalue weighted by Gasteiger charge is 2.58. The summed E-state index contributed by atoms with van der Waals surface area (Å²) >= 11 is 0. The molecule has 0 aromatic heterocycles. The van der Waals surface area contributed by atoms with Gasteiger partial charge < -0.3 is 9.47 Å². The molecule has 2 aromatic rings. The fraction of sp³-hybridized carbons (Fsp3) is 0.273. The van der Waals surface area contributed by atoms with Gasteiger partial charge in [0.1, 0.15) is 0 Å². The maximum Gasteiger partial charge on any atom is 0.332 e. The molecule has 0 N–H and O–H groups in total. The molecule has 4 nitrogen and oxygen atoms in total. The smallest absolute Gasteiger partial charge is 0.332 e. The van der Waals surface area contributed by atoms with Crippen LogP contribution in [0.25, 0.3) is 11.1 Å². The first-order valence-corrected chi connectivity index (χ1v) is 8.80. The van der Waals surface area contributed by atoms with Gasteiger partial charge in [0.2, 0.25) is 5.41 Å². The third-order valence-corrected chi connectivity index (χ3v) is 4.71. The monoisotopic (exact) mass is 350 g/mol. The molecule has 0 amide bonds. The molecule has 1 aliphatic carbocycles. The van der Waals surface area contributed by atoms with E-state index in [0.717, 1.165) is 16.7 Å². The number of fused-ring (bicyclic) bond motifs is 1. The lowest BCUT2D eigenvalue weighted by molar-refractivity contribution is -0.161. The molecule has 0 radical (unpaired) electrons. The average Bonchev–Trinajstić information content (AvgIpc) is 2.93. The van der Waals surface area contributed by atoms with Crippen molar-refractivity contribution in [1.29, 1.82) is 0 Å². The molecule has 0 saturated heterocycles. The van der Waals surface area contributed by atoms with Crippen LogP contribution in [-0.2, 0) is 24.5 Å². The molecule has 0 aliphatic heterocycles. The molecule has 0 heterocycles. The maximum absolute atomic E-state index is 13.2. The second-order valence-electron chi connectivity index (χ2n) is 6.10. The lowest BCUT2D eigenvalue weighted by Crippen LogP contribution is -2.46. The number of benzene rings is 2. The van der Waals surface area contributed by atoms with Crippen molar-refractivity contribution in [2.24, 2.45) is 0 Å². The Bertz CT molecular complexity index is 847. The van der Waals surface area contributed by atoms with Crippen molar-refractivity contribution < 1.29 is 19.1 Å². The quantitative estimate of drug-likeness (QED) is 0.604. The summed E-state index contributed by atoms with van der Waals surface area (Å²) in [5, 5.41) is 0. The van der Waals surface area contributed by atoms with E-state index in [1.165, 1.54) is 0 Å². The highest BCUT2D eigenvalue weighted by atomic mass is 16.6. The number of hydrogen-bond donors (Lipinski definition) is 0. The minimum Gasteiger partial charge on any atom is -0.465 e. The summed E-state index contributed by atoms with van der Waals surface area (Å²) in [5.41, 5.74) is 2.21. The largest absolute Gasteiger partial charge is 0.465 e. The highest BCUT2D eigenvalue weighted by molar-refractivity contribution is 6.25. The summed E-state index contributed by atoms with van der Waals surface area (Å²) in [5.74, 6) is -1.19. The summed E-state index contributed by atoms with van der Waals surface area (Å²) in [6.07, 6.45) is 0. The third kappa shape index (κ3) is 2.53. The second-order valence-corrected chi connectivity index (χ2v) is 6.10. The van der Waals surface area contributed by atoms with Crippen molar-refractivity contribution in [1.82, 2.24) is 0 Å². The number of carbonyl (C=O) groups is 2. The van der Waals surface area contributed by atoms with E-state index in [-0.39, 0.29) is 13.2 Å². The van der Waals surface area contributed by atoms with Gasteiger partial charge in [0.15, 0.2) is 0 Å². The van der Waals surface area contributed by atoms with E-state index in [4.69, 9.17) is 9.47 Å². The molecule has 0 spiro atoms. The molecule has 0 atom stereocenters. The fourth-order valence-corrected chi connectivity index (χ4v) is 3.71. The first-order chi connectivity index (χ1) is 12.6. The molecule has 1 aliphatic rings. The highest BCUT2D eigenvalue weighted by Crippen LogP contribution is 2.52. The van der Waals surface area contributed by atoms with Gasteiger partial charge in [0.05, 0.1) is 13.2 Å². The Morgan fingerprint density at radius 2 is 1.38 bits per heavy atom. The Kier molecular flexibility index (Phi) is 4.94. The van der Waals surface area contributed by atoms with Gasteiger partial charge in [-0.1, -0.05) is 54.6 Å². The summed E-state index contributed by atoms with van der Waals surface area (Å²) in [6.45, 7) is 5.76. The molecular formula is C22H22O4. The summed E-state index contributed by atoms with van der Waals surface area (Å²) in [4.78, 5) is 26.4. The molecular weight excluding hydrogens is 328 g/mol. The number of allylic oxidation sites excluding steroid dienone is 1. The summed E-state index contributed by atoms with van der Waals surface area (Å²) in [6, 6.07) is 16.9. The van der Waals surface area contributed by atoms with Crippen LogP contribution in [0.1, 0.15) is 37.5 Å². The van der Waals surface area contributed by atoms with Crippen LogP contribution in [0.4, 0.5) is 0 Å². The number of carbonyl (C=O) groups excluding carboxylic acids is 2. The average molecular weight is 350 g/mol. The van der Waals surface area contributed by atoms with E-state index in [1.54, 1.807) is 13.8 Å². The molecule has 0 saturated carbocycles. The van der Waals surface area contributed by atoms with Crippen LogP contribution < -0.4 is 0 Å². The maximum atomic E-state index is 13.2. The van der Waals surface area contributed by atoms with Crippen LogP contribution in [0.3, 0.4) is 0 Å². The SMILES string of the molecule is CCOC(=O)C1(C(=O)OCC)C(c2ccccc2)=C(C)c2ccccc21. The van der Waals surface area contributed by atoms with E-state index in [1.807, 2.05) is 61.5 Å². The Hall–Kier alpha value is -2.88. The first-order valence-electron chi connectivity index (χ1n) is 8.80. The number of esters is 2. The zero-order valence-electron chi connectivity index (χ0n) is 15.2. The van der Waals surface area contributed by atoms with Crippen molar-refractivity contribution >= 4 is 23.1 Å². The van der Waals surface area contributed by atoms with Crippen LogP contribution in [0.2, 0.25) is 0 Å². The topological polar surface area (TPSA) is 52.6 Å². The number of rotatable bonds is 5. The van der Waals surface area contributed by atoms with E-state index in [9.17, 15) is 9.59 Å². The summed E-state index contributed by atoms with van der Waals surface area (Å²) in [7, 11) is 0. The van der Waals surface area contributed by atoms with Gasteiger partial charge in [-0.05, 0) is 48.6 Å². The van der Waals surface area contributed by atoms with Crippen LogP contribution in [-0.4, -0.2) is 25.2 Å². The van der Waals surface area contributed by atoms with E-state index >= 15 is 0 Å². The van der Waals surface area contributed by atoms with Crippen molar-refractivity contribution in [3.05, 3.63) is 71.3 Å². The van der Waals surface area contributed by atoms with Crippen LogP contribution in [0, 0.1) is 0 Å². The van der Waals surface area contributed by atoms with Crippen molar-refractivity contribution in [2.45, 2.75) is 26.2 Å². The second kappa shape index (κ2) is 7.16. The lowest BCUT2D eigenvalue weighted by Gasteiger charge is -2.29. The van der Waals surface area contributed by atoms with Crippen LogP contribution >= 0.6 is 0 Å². The Labute approximate surface area is 153 Å². The number of ether oxygens (including phenoxy) is 2. The van der Waals surface area contributed by atoms with Crippen LogP contribution in [0.5, 0.6) is 0 Å². The molecule has 0 unspecified atom stereocenters. The van der Waals surface area contributed by atoms with Gasteiger partial charge in [-0.2, -0.15) is 0 Å². The molecule has 134 valence electrons. The minimum atomic E-state index is -1.60. The van der Waals surface area contributed by atoms with Crippen molar-refractivity contribution in [3.63, 3.8) is 0 Å². The first kappa shape index (κ1) is 17.9. The Balaban J connectivity index is 2.37. The predicted octanol–water partition coefficient (Wildman–Crippen LogP) is 3.99. The number of hydrogen-bond acceptors (Lipinski definition) is 4. The molecule has 4 heteroatoms. The van der Waals surface area contributed by atoms with Gasteiger partial charge >= 0.3 is 11.9 Å². The van der Waals surface area contributed by atoms with Gasteiger partial charge in [-0.15, -0.1) is 0 Å². The standard InChI is InChI=1S/C22H22O4/c1-4-25-20(23)22(21(24)26-5-2)18-14-10-9-13-17(18)15(3)19(22)16-11-7-6-8-12-16/h6-14H,4-5H2,1-3H3. The zero-order valence-corrected chi connectivity index (χ0v) is 15.2. The summed E-state index contributed by atoms with van der Waals surface area (Å²) < 4.78 is 10.8. The minimum absolute atomic E-state index is 0.184. The lowest BCUT2D eigenvalue weighted by atomic mass is 9.74. The van der Waals surface area contributed by atoms with Crippen molar-refractivity contribution in [2.75, 3.05) is 13.2 Å². The van der Waals surface area contributed by atoms with Gasteiger partial charge in [-0.3, -0.25) is 9.59 Å². The van der Waals surface area contributed by atoms with Gasteiger partial charge in [0, 0.05) is 0 Å². The van der Waals surface area contributed by atoms with E-state index in [0.29, 0.717) is 11.1 Å². The van der Waals surface area contributed by atoms with Gasteiger partial charge in [-0.25, -0.2) is 0 Å². The molecule has 26 heavy (non-hydrogen) atoms. The van der Waals surface area contributed by atoms with Gasteiger partial charge in [0.25, 0.3) is 0 Å². The Morgan fingerprint density at radius 3 is 1.96 bits per heavy atom. The zero-order chi connectivity index (χ0) is 18.7. The molecule has 0 bridgehead atoms. The van der Waals surface area contributed by atoms with Crippen molar-refractivity contribution in [3.8, 4) is 0 Å². The third-order valence-electron chi connectivity index (χ3n) is 4.71. The normalized spacial score (nSPS) is 14.7. The fourth-order valence-electron chi connectivity index (χ4n) is 3.71. The molecule has 2 aromatic carbocycles.